The molecule has 1 unspecified atom stereocenters. The summed E-state index contributed by atoms with van der Waals surface area (Å²) in [6.07, 6.45) is 7.77. The minimum Gasteiger partial charge on any atom is -0.550 e. The molecule has 0 aromatic heterocycles. The van der Waals surface area contributed by atoms with E-state index in [9.17, 15) is 19.8 Å². The summed E-state index contributed by atoms with van der Waals surface area (Å²) in [5.41, 5.74) is 0. The van der Waals surface area contributed by atoms with Crippen molar-refractivity contribution in [3.63, 3.8) is 0 Å². The molecule has 0 fully saturated rings. The van der Waals surface area contributed by atoms with Gasteiger partial charge in [0.15, 0.2) is 6.73 Å². The molecule has 0 aliphatic carbocycles. The number of carbonyl (C=O) groups is 2. The Balaban J connectivity index is 0. The molecule has 0 aromatic rings. The first kappa shape index (κ1) is 24.5. The minimum absolute atomic E-state index is 0. The van der Waals surface area contributed by atoms with Crippen molar-refractivity contribution in [2.45, 2.75) is 45.4 Å². The SMILES string of the molecule is CCCC/C=C/CC[N+](CO)(CCC(=O)[O-])CCC(=O)O.[K+]. The molecule has 0 radical (unpaired) electrons. The van der Waals surface area contributed by atoms with Gasteiger partial charge >= 0.3 is 57.4 Å². The van der Waals surface area contributed by atoms with Crippen molar-refractivity contribution in [3.05, 3.63) is 12.2 Å². The van der Waals surface area contributed by atoms with Crippen LogP contribution in [-0.4, -0.2) is 53.0 Å². The Morgan fingerprint density at radius 2 is 1.68 bits per heavy atom. The Morgan fingerprint density at radius 1 is 1.09 bits per heavy atom. The van der Waals surface area contributed by atoms with Gasteiger partial charge in [0.25, 0.3) is 0 Å². The maximum absolute atomic E-state index is 10.7. The summed E-state index contributed by atoms with van der Waals surface area (Å²) >= 11 is 0. The number of aliphatic hydroxyl groups excluding tert-OH is 1. The quantitative estimate of drug-likeness (QED) is 0.127. The molecule has 0 saturated carbocycles. The zero-order chi connectivity index (χ0) is 16.1. The van der Waals surface area contributed by atoms with Gasteiger partial charge in [0.2, 0.25) is 0 Å². The molecule has 0 bridgehead atoms. The molecule has 2 N–H and O–H groups in total. The van der Waals surface area contributed by atoms with Gasteiger partial charge in [0.1, 0.15) is 0 Å². The van der Waals surface area contributed by atoms with Crippen molar-refractivity contribution >= 4 is 11.9 Å². The van der Waals surface area contributed by atoms with Crippen LogP contribution in [0.25, 0.3) is 0 Å². The molecule has 7 heteroatoms. The summed E-state index contributed by atoms with van der Waals surface area (Å²) in [5, 5.41) is 29.0. The van der Waals surface area contributed by atoms with Crippen molar-refractivity contribution in [1.82, 2.24) is 0 Å². The normalized spacial score (nSPS) is 13.5. The molecule has 0 aliphatic heterocycles. The van der Waals surface area contributed by atoms with Crippen LogP contribution in [0.2, 0.25) is 0 Å². The minimum atomic E-state index is -1.18. The fourth-order valence-electron chi connectivity index (χ4n) is 2.11. The second kappa shape index (κ2) is 14.8. The van der Waals surface area contributed by atoms with Crippen LogP contribution in [0.1, 0.15) is 45.4 Å². The van der Waals surface area contributed by atoms with Crippen LogP contribution in [0.15, 0.2) is 12.2 Å². The Hall–Kier alpha value is 0.236. The number of rotatable bonds is 13. The summed E-state index contributed by atoms with van der Waals surface area (Å²) in [7, 11) is 0. The van der Waals surface area contributed by atoms with Crippen LogP contribution >= 0.6 is 0 Å². The van der Waals surface area contributed by atoms with E-state index in [4.69, 9.17) is 5.11 Å². The van der Waals surface area contributed by atoms with Crippen LogP contribution in [0, 0.1) is 0 Å². The average molecular weight is 340 g/mol. The summed E-state index contributed by atoms with van der Waals surface area (Å²) in [6, 6.07) is 0. The second-order valence-corrected chi connectivity index (χ2v) is 5.32. The fraction of sp³-hybridized carbons (Fsp3) is 0.733. The van der Waals surface area contributed by atoms with Gasteiger partial charge in [-0.25, -0.2) is 0 Å². The van der Waals surface area contributed by atoms with Gasteiger partial charge in [-0.1, -0.05) is 31.9 Å². The first-order chi connectivity index (χ1) is 9.95. The van der Waals surface area contributed by atoms with E-state index in [-0.39, 0.29) is 88.5 Å². The van der Waals surface area contributed by atoms with Crippen LogP contribution in [0.4, 0.5) is 0 Å². The van der Waals surface area contributed by atoms with Gasteiger partial charge in [-0.05, 0) is 6.42 Å². The van der Waals surface area contributed by atoms with Crippen LogP contribution in [-0.2, 0) is 9.59 Å². The van der Waals surface area contributed by atoms with Gasteiger partial charge in [-0.2, -0.15) is 0 Å². The molecule has 0 rings (SSSR count). The summed E-state index contributed by atoms with van der Waals surface area (Å²) in [6.45, 7) is 2.80. The number of hydrogen-bond acceptors (Lipinski definition) is 4. The average Bonchev–Trinajstić information content (AvgIpc) is 2.45. The molecule has 0 aromatic carbocycles. The topological polar surface area (TPSA) is 97.7 Å². The predicted molar refractivity (Wildman–Crippen MR) is 77.1 cm³/mol. The van der Waals surface area contributed by atoms with Crippen molar-refractivity contribution < 1.29 is 80.8 Å². The van der Waals surface area contributed by atoms with Crippen molar-refractivity contribution in [3.8, 4) is 0 Å². The third-order valence-electron chi connectivity index (χ3n) is 3.55. The zero-order valence-electron chi connectivity index (χ0n) is 13.8. The van der Waals surface area contributed by atoms with E-state index >= 15 is 0 Å². The van der Waals surface area contributed by atoms with Crippen LogP contribution in [0.5, 0.6) is 0 Å². The molecular formula is C15H27KNO5+. The number of aliphatic hydroxyl groups is 1. The number of aliphatic carboxylic acids is 2. The molecule has 1 atom stereocenters. The van der Waals surface area contributed by atoms with Crippen molar-refractivity contribution in [2.75, 3.05) is 26.4 Å². The van der Waals surface area contributed by atoms with E-state index in [0.717, 1.165) is 19.3 Å². The molecule has 0 spiro atoms. The Labute approximate surface area is 175 Å². The van der Waals surface area contributed by atoms with Gasteiger partial charge in [0, 0.05) is 18.8 Å². The van der Waals surface area contributed by atoms with E-state index < -0.39 is 11.9 Å². The molecule has 22 heavy (non-hydrogen) atoms. The molecule has 0 aliphatic rings. The second-order valence-electron chi connectivity index (χ2n) is 5.32. The standard InChI is InChI=1S/C15H27NO5.K/c1-2-3-4-5-6-7-10-16(13-17,11-8-14(18)19)12-9-15(20)21;/h5-6,17H,2-4,7-13H2,1H3,(H-,18,19,20,21);/q;+1/b6-5+;. The zero-order valence-corrected chi connectivity index (χ0v) is 16.9. The number of allylic oxidation sites excluding steroid dienone is 1. The summed E-state index contributed by atoms with van der Waals surface area (Å²) < 4.78 is 0.0817. The Morgan fingerprint density at radius 3 is 2.18 bits per heavy atom. The number of carbonyl (C=O) groups excluding carboxylic acids is 1. The van der Waals surface area contributed by atoms with Crippen molar-refractivity contribution in [2.24, 2.45) is 0 Å². The maximum Gasteiger partial charge on any atom is 1.00 e. The van der Waals surface area contributed by atoms with E-state index in [1.165, 1.54) is 0 Å². The van der Waals surface area contributed by atoms with Gasteiger partial charge in [-0.15, -0.1) is 0 Å². The fourth-order valence-corrected chi connectivity index (χ4v) is 2.11. The van der Waals surface area contributed by atoms with Crippen LogP contribution < -0.4 is 56.5 Å². The first-order valence-electron chi connectivity index (χ1n) is 7.48. The van der Waals surface area contributed by atoms with E-state index in [1.54, 1.807) is 0 Å². The molecule has 0 heterocycles. The molecular weight excluding hydrogens is 313 g/mol. The molecule has 122 valence electrons. The number of quaternary nitrogens is 1. The largest absolute Gasteiger partial charge is 1.00 e. The van der Waals surface area contributed by atoms with Gasteiger partial charge in [0.05, 0.1) is 26.1 Å². The number of unbranched alkanes of at least 4 members (excludes halogenated alkanes) is 2. The van der Waals surface area contributed by atoms with Gasteiger partial charge < -0.3 is 24.6 Å². The maximum atomic E-state index is 10.7. The van der Waals surface area contributed by atoms with Crippen molar-refractivity contribution in [1.29, 1.82) is 0 Å². The Kier molecular flexibility index (Phi) is 16.5. The number of carboxylic acids is 2. The number of hydrogen-bond donors (Lipinski definition) is 2. The summed E-state index contributed by atoms with van der Waals surface area (Å²) in [5.74, 6) is -2.13. The first-order valence-corrected chi connectivity index (χ1v) is 7.48. The third kappa shape index (κ3) is 12.7. The molecule has 0 saturated heterocycles. The van der Waals surface area contributed by atoms with Crippen LogP contribution in [0.3, 0.4) is 0 Å². The number of nitrogens with zero attached hydrogens (tertiary/aromatic N) is 1. The Bertz CT molecular complexity index is 329. The summed E-state index contributed by atoms with van der Waals surface area (Å²) in [4.78, 5) is 21.3. The predicted octanol–water partition coefficient (Wildman–Crippen LogP) is -2.49. The van der Waals surface area contributed by atoms with E-state index in [2.05, 4.69) is 13.0 Å². The monoisotopic (exact) mass is 340 g/mol. The van der Waals surface area contributed by atoms with Gasteiger partial charge in [-0.3, -0.25) is 4.79 Å². The molecule has 6 nitrogen and oxygen atoms in total. The van der Waals surface area contributed by atoms with E-state index in [1.807, 2.05) is 6.08 Å². The van der Waals surface area contributed by atoms with E-state index in [0.29, 0.717) is 13.0 Å². The number of carboxylic acid groups (broad SMARTS) is 2. The third-order valence-corrected chi connectivity index (χ3v) is 3.55. The molecule has 0 amide bonds. The smallest absolute Gasteiger partial charge is 0.550 e.